The van der Waals surface area contributed by atoms with Crippen LogP contribution in [0.15, 0.2) is 53.5 Å². The molecule has 0 fully saturated rings. The highest BCUT2D eigenvalue weighted by molar-refractivity contribution is 14.0. The number of guanidine groups is 1. The van der Waals surface area contributed by atoms with Crippen LogP contribution in [0.25, 0.3) is 0 Å². The molecule has 0 aliphatic carbocycles. The Morgan fingerprint density at radius 1 is 1.07 bits per heavy atom. The fraction of sp³-hybridized carbons (Fsp3) is 0.333. The molecule has 0 unspecified atom stereocenters. The molecule has 0 aliphatic heterocycles. The Morgan fingerprint density at radius 2 is 1.79 bits per heavy atom. The summed E-state index contributed by atoms with van der Waals surface area (Å²) in [7, 11) is 0. The summed E-state index contributed by atoms with van der Waals surface area (Å²) in [6, 6.07) is 15.4. The van der Waals surface area contributed by atoms with Crippen molar-refractivity contribution in [1.82, 2.24) is 5.32 Å². The number of rotatable bonds is 10. The molecule has 0 heterocycles. The smallest absolute Gasteiger partial charge is 0.241 e. The van der Waals surface area contributed by atoms with Crippen molar-refractivity contribution in [3.8, 4) is 11.5 Å². The first kappa shape index (κ1) is 24.5. The predicted molar refractivity (Wildman–Crippen MR) is 127 cm³/mol. The molecule has 2 aromatic carbocycles. The molecule has 4 N–H and O–H groups in total. The van der Waals surface area contributed by atoms with E-state index in [0.29, 0.717) is 36.9 Å². The Morgan fingerprint density at radius 3 is 2.48 bits per heavy atom. The summed E-state index contributed by atoms with van der Waals surface area (Å²) in [6.07, 6.45) is 0.770. The van der Waals surface area contributed by atoms with Gasteiger partial charge in [0.05, 0.1) is 18.9 Å². The zero-order chi connectivity index (χ0) is 20.2. The topological polar surface area (TPSA) is 98.0 Å². The van der Waals surface area contributed by atoms with E-state index >= 15 is 0 Å². The molecule has 2 aromatic rings. The number of ether oxygens (including phenoxy) is 2. The zero-order valence-electron chi connectivity index (χ0n) is 16.8. The Kier molecular flexibility index (Phi) is 11.6. The maximum absolute atomic E-state index is 12.0. The lowest BCUT2D eigenvalue weighted by molar-refractivity contribution is -0.119. The summed E-state index contributed by atoms with van der Waals surface area (Å²) in [5.74, 6) is 1.28. The van der Waals surface area contributed by atoms with E-state index in [1.54, 1.807) is 12.1 Å². The summed E-state index contributed by atoms with van der Waals surface area (Å²) >= 11 is 0. The second-order valence-electron chi connectivity index (χ2n) is 5.94. The summed E-state index contributed by atoms with van der Waals surface area (Å²) in [5, 5.41) is 5.81. The summed E-state index contributed by atoms with van der Waals surface area (Å²) < 4.78 is 11.1. The number of hydrogen-bond donors (Lipinski definition) is 3. The van der Waals surface area contributed by atoms with Crippen LogP contribution in [0.2, 0.25) is 0 Å². The van der Waals surface area contributed by atoms with Gasteiger partial charge in [-0.3, -0.25) is 4.79 Å². The second kappa shape index (κ2) is 13.6. The normalized spacial score (nSPS) is 10.6. The number of aliphatic imine (C=N–C) groups is 1. The van der Waals surface area contributed by atoms with Crippen LogP contribution in [0.5, 0.6) is 11.5 Å². The van der Waals surface area contributed by atoms with E-state index in [0.717, 1.165) is 6.42 Å². The average molecular weight is 512 g/mol. The Hall–Kier alpha value is -2.49. The van der Waals surface area contributed by atoms with Gasteiger partial charge in [0.25, 0.3) is 0 Å². The second-order valence-corrected chi connectivity index (χ2v) is 5.94. The summed E-state index contributed by atoms with van der Waals surface area (Å²) in [4.78, 5) is 16.0. The highest BCUT2D eigenvalue weighted by atomic mass is 127. The Labute approximate surface area is 189 Å². The van der Waals surface area contributed by atoms with E-state index in [-0.39, 0.29) is 42.4 Å². The molecule has 0 aliphatic rings. The standard InChI is InChI=1S/C21H28N4O3.HI/c1-3-27-17-10-11-19(28-4-2)18(14-17)25-21(22)24-15-20(26)23-13-12-16-8-6-5-7-9-16;/h5-11,14H,3-4,12-13,15H2,1-2H3,(H,23,26)(H3,22,24,25);1H. The van der Waals surface area contributed by atoms with Crippen LogP contribution in [-0.4, -0.2) is 38.2 Å². The van der Waals surface area contributed by atoms with E-state index < -0.39 is 0 Å². The molecule has 7 nitrogen and oxygen atoms in total. The van der Waals surface area contributed by atoms with E-state index in [2.05, 4.69) is 15.6 Å². The molecule has 0 radical (unpaired) electrons. The van der Waals surface area contributed by atoms with Gasteiger partial charge in [-0.25, -0.2) is 4.99 Å². The van der Waals surface area contributed by atoms with Crippen LogP contribution in [0.1, 0.15) is 19.4 Å². The quantitative estimate of drug-likeness (QED) is 0.258. The first-order valence-electron chi connectivity index (χ1n) is 9.39. The van der Waals surface area contributed by atoms with Crippen molar-refractivity contribution in [3.63, 3.8) is 0 Å². The number of nitrogens with zero attached hydrogens (tertiary/aromatic N) is 1. The van der Waals surface area contributed by atoms with Crippen LogP contribution < -0.4 is 25.8 Å². The molecular weight excluding hydrogens is 483 g/mol. The lowest BCUT2D eigenvalue weighted by Crippen LogP contribution is -2.30. The number of hydrogen-bond acceptors (Lipinski definition) is 4. The van der Waals surface area contributed by atoms with Crippen LogP contribution >= 0.6 is 24.0 Å². The third-order valence-corrected chi connectivity index (χ3v) is 3.80. The molecule has 0 atom stereocenters. The highest BCUT2D eigenvalue weighted by Crippen LogP contribution is 2.29. The number of carbonyl (C=O) groups excluding carboxylic acids is 1. The maximum atomic E-state index is 12.0. The van der Waals surface area contributed by atoms with Crippen molar-refractivity contribution >= 4 is 41.5 Å². The van der Waals surface area contributed by atoms with Crippen LogP contribution in [0.3, 0.4) is 0 Å². The number of nitrogens with one attached hydrogen (secondary N) is 2. The van der Waals surface area contributed by atoms with Gasteiger partial charge < -0.3 is 25.8 Å². The van der Waals surface area contributed by atoms with Crippen molar-refractivity contribution in [2.75, 3.05) is 31.6 Å². The minimum atomic E-state index is -0.186. The molecule has 1 amide bonds. The van der Waals surface area contributed by atoms with Crippen molar-refractivity contribution < 1.29 is 14.3 Å². The molecule has 158 valence electrons. The van der Waals surface area contributed by atoms with Crippen LogP contribution in [0.4, 0.5) is 5.69 Å². The number of carbonyl (C=O) groups is 1. The van der Waals surface area contributed by atoms with Crippen LogP contribution in [0, 0.1) is 0 Å². The minimum absolute atomic E-state index is 0. The number of anilines is 1. The fourth-order valence-electron chi connectivity index (χ4n) is 2.53. The third-order valence-electron chi connectivity index (χ3n) is 3.80. The van der Waals surface area contributed by atoms with Gasteiger partial charge in [0.2, 0.25) is 5.91 Å². The molecule has 0 bridgehead atoms. The SMILES string of the molecule is CCOc1ccc(OCC)c(NC(N)=NCC(=O)NCCc2ccccc2)c1.I. The lowest BCUT2D eigenvalue weighted by atomic mass is 10.1. The summed E-state index contributed by atoms with van der Waals surface area (Å²) in [6.45, 7) is 5.39. The van der Waals surface area contributed by atoms with E-state index in [1.807, 2.05) is 50.2 Å². The first-order chi connectivity index (χ1) is 13.6. The molecule has 0 aromatic heterocycles. The molecular formula is C21H29IN4O3. The molecule has 0 saturated carbocycles. The average Bonchev–Trinajstić information content (AvgIpc) is 2.69. The van der Waals surface area contributed by atoms with E-state index in [1.165, 1.54) is 5.56 Å². The number of halogens is 1. The Balaban J connectivity index is 0.00000420. The maximum Gasteiger partial charge on any atom is 0.241 e. The third kappa shape index (κ3) is 9.03. The molecule has 0 spiro atoms. The molecule has 29 heavy (non-hydrogen) atoms. The number of benzene rings is 2. The predicted octanol–water partition coefficient (Wildman–Crippen LogP) is 3.19. The van der Waals surface area contributed by atoms with Gasteiger partial charge in [0.15, 0.2) is 5.96 Å². The van der Waals surface area contributed by atoms with Gasteiger partial charge in [-0.1, -0.05) is 30.3 Å². The Bertz CT molecular complexity index is 785. The lowest BCUT2D eigenvalue weighted by Gasteiger charge is -2.14. The fourth-order valence-corrected chi connectivity index (χ4v) is 2.53. The van der Waals surface area contributed by atoms with Crippen molar-refractivity contribution in [2.24, 2.45) is 10.7 Å². The molecule has 8 heteroatoms. The van der Waals surface area contributed by atoms with Crippen molar-refractivity contribution in [1.29, 1.82) is 0 Å². The van der Waals surface area contributed by atoms with Crippen molar-refractivity contribution in [2.45, 2.75) is 20.3 Å². The zero-order valence-corrected chi connectivity index (χ0v) is 19.1. The van der Waals surface area contributed by atoms with Gasteiger partial charge in [-0.2, -0.15) is 0 Å². The molecule has 2 rings (SSSR count). The van der Waals surface area contributed by atoms with Gasteiger partial charge >= 0.3 is 0 Å². The number of nitrogens with two attached hydrogens (primary N) is 1. The van der Waals surface area contributed by atoms with Gasteiger partial charge in [0, 0.05) is 12.6 Å². The number of amides is 1. The van der Waals surface area contributed by atoms with Gasteiger partial charge in [-0.05, 0) is 38.0 Å². The van der Waals surface area contributed by atoms with Crippen molar-refractivity contribution in [3.05, 3.63) is 54.1 Å². The summed E-state index contributed by atoms with van der Waals surface area (Å²) in [5.41, 5.74) is 7.73. The molecule has 0 saturated heterocycles. The van der Waals surface area contributed by atoms with Gasteiger partial charge in [0.1, 0.15) is 18.0 Å². The minimum Gasteiger partial charge on any atom is -0.494 e. The monoisotopic (exact) mass is 512 g/mol. The van der Waals surface area contributed by atoms with Crippen LogP contribution in [-0.2, 0) is 11.2 Å². The van der Waals surface area contributed by atoms with E-state index in [4.69, 9.17) is 15.2 Å². The first-order valence-corrected chi connectivity index (χ1v) is 9.39. The van der Waals surface area contributed by atoms with E-state index in [9.17, 15) is 4.79 Å². The van der Waals surface area contributed by atoms with Gasteiger partial charge in [-0.15, -0.1) is 24.0 Å². The highest BCUT2D eigenvalue weighted by Gasteiger charge is 2.08. The largest absolute Gasteiger partial charge is 0.494 e.